The minimum Gasteiger partial charge on any atom is -0.466 e. The summed E-state index contributed by atoms with van der Waals surface area (Å²) in [5.74, 6) is -1.09. The molecule has 19 heavy (non-hydrogen) atoms. The molecule has 2 N–H and O–H groups in total. The van der Waals surface area contributed by atoms with Crippen LogP contribution in [0.3, 0.4) is 0 Å². The van der Waals surface area contributed by atoms with E-state index >= 15 is 0 Å². The average molecular weight is 285 g/mol. The number of carbonyl (C=O) groups is 2. The van der Waals surface area contributed by atoms with E-state index in [0.717, 1.165) is 0 Å². The molecular weight excluding hydrogens is 272 g/mol. The molecule has 0 unspecified atom stereocenters. The Hall–Kier alpha value is -2.08. The van der Waals surface area contributed by atoms with E-state index in [1.165, 1.54) is 25.5 Å². The first kappa shape index (κ1) is 15.0. The lowest BCUT2D eigenvalue weighted by Crippen LogP contribution is -2.29. The Morgan fingerprint density at radius 2 is 2.21 bits per heavy atom. The highest BCUT2D eigenvalue weighted by atomic mass is 35.5. The summed E-state index contributed by atoms with van der Waals surface area (Å²) in [6.07, 6.45) is 3.88. The molecule has 0 radical (unpaired) electrons. The van der Waals surface area contributed by atoms with Crippen molar-refractivity contribution in [2.24, 2.45) is 0 Å². The number of halogens is 1. The van der Waals surface area contributed by atoms with Gasteiger partial charge in [-0.2, -0.15) is 0 Å². The van der Waals surface area contributed by atoms with Gasteiger partial charge in [-0.05, 0) is 6.92 Å². The number of nitrogens with one attached hydrogen (secondary N) is 2. The molecule has 7 heteroatoms. The number of aromatic nitrogens is 1. The second-order valence-corrected chi connectivity index (χ2v) is 3.98. The zero-order valence-corrected chi connectivity index (χ0v) is 11.2. The van der Waals surface area contributed by atoms with Crippen LogP contribution in [0.1, 0.15) is 16.1 Å². The highest BCUT2D eigenvalue weighted by molar-refractivity contribution is 6.31. The summed E-state index contributed by atoms with van der Waals surface area (Å²) in [6, 6.07) is 0. The van der Waals surface area contributed by atoms with Gasteiger partial charge in [0.2, 0.25) is 5.43 Å². The van der Waals surface area contributed by atoms with Crippen LogP contribution in [-0.4, -0.2) is 30.5 Å². The van der Waals surface area contributed by atoms with Crippen molar-refractivity contribution in [3.8, 4) is 0 Å². The van der Waals surface area contributed by atoms with Crippen molar-refractivity contribution in [1.29, 1.82) is 0 Å². The second-order valence-electron chi connectivity index (χ2n) is 3.61. The van der Waals surface area contributed by atoms with E-state index in [0.29, 0.717) is 5.69 Å². The van der Waals surface area contributed by atoms with E-state index in [4.69, 9.17) is 11.6 Å². The van der Waals surface area contributed by atoms with Crippen LogP contribution in [0.2, 0.25) is 5.02 Å². The van der Waals surface area contributed by atoms with Gasteiger partial charge in [0, 0.05) is 24.5 Å². The van der Waals surface area contributed by atoms with Crippen LogP contribution in [0.25, 0.3) is 0 Å². The Kier molecular flexibility index (Phi) is 5.32. The highest BCUT2D eigenvalue weighted by Gasteiger charge is 2.13. The minimum absolute atomic E-state index is 0.0160. The molecule has 0 aliphatic carbocycles. The Labute approximate surface area is 114 Å². The maximum absolute atomic E-state index is 11.7. The first-order chi connectivity index (χ1) is 8.97. The van der Waals surface area contributed by atoms with Gasteiger partial charge < -0.3 is 15.0 Å². The fourth-order valence-corrected chi connectivity index (χ4v) is 1.39. The summed E-state index contributed by atoms with van der Waals surface area (Å²) in [5.41, 5.74) is -0.122. The number of amides is 1. The van der Waals surface area contributed by atoms with Crippen molar-refractivity contribution in [2.45, 2.75) is 6.92 Å². The number of methoxy groups -OCH3 is 1. The number of carbonyl (C=O) groups excluding carboxylic acids is 2. The summed E-state index contributed by atoms with van der Waals surface area (Å²) in [4.78, 5) is 36.9. The van der Waals surface area contributed by atoms with Gasteiger partial charge in [0.15, 0.2) is 0 Å². The Balaban J connectivity index is 2.70. The third-order valence-electron chi connectivity index (χ3n) is 2.29. The van der Waals surface area contributed by atoms with Gasteiger partial charge >= 0.3 is 5.97 Å². The molecule has 1 aromatic rings. The molecule has 0 aliphatic heterocycles. The number of H-pyrrole nitrogens is 1. The summed E-state index contributed by atoms with van der Waals surface area (Å²) in [5, 5.41) is 2.44. The zero-order valence-electron chi connectivity index (χ0n) is 10.5. The van der Waals surface area contributed by atoms with Crippen LogP contribution in [0, 0.1) is 6.92 Å². The van der Waals surface area contributed by atoms with E-state index in [-0.39, 0.29) is 17.1 Å². The number of aromatic amines is 1. The molecule has 1 heterocycles. The number of ether oxygens (including phenoxy) is 1. The van der Waals surface area contributed by atoms with Gasteiger partial charge in [-0.25, -0.2) is 4.79 Å². The highest BCUT2D eigenvalue weighted by Crippen LogP contribution is 2.06. The lowest BCUT2D eigenvalue weighted by atomic mass is 10.2. The Morgan fingerprint density at radius 1 is 1.53 bits per heavy atom. The molecule has 0 aromatic carbocycles. The average Bonchev–Trinajstić information content (AvgIpc) is 2.40. The topological polar surface area (TPSA) is 88.3 Å². The Bertz CT molecular complexity index is 578. The number of aryl methyl sites for hydroxylation is 1. The number of hydrogen-bond donors (Lipinski definition) is 2. The van der Waals surface area contributed by atoms with Crippen molar-refractivity contribution in [3.63, 3.8) is 0 Å². The molecule has 0 spiro atoms. The predicted molar refractivity (Wildman–Crippen MR) is 70.3 cm³/mol. The van der Waals surface area contributed by atoms with Gasteiger partial charge in [-0.15, -0.1) is 0 Å². The molecule has 6 nitrogen and oxygen atoms in total. The van der Waals surface area contributed by atoms with Gasteiger partial charge in [-0.3, -0.25) is 9.59 Å². The second kappa shape index (κ2) is 6.75. The SMILES string of the molecule is COC(=O)/C=C/CNC(=O)c1c[nH]c(C)c(Cl)c1=O. The molecule has 1 rings (SSSR count). The van der Waals surface area contributed by atoms with Gasteiger partial charge in [0.05, 0.1) is 7.11 Å². The molecule has 0 bridgehead atoms. The van der Waals surface area contributed by atoms with Crippen LogP contribution in [-0.2, 0) is 9.53 Å². The smallest absolute Gasteiger partial charge is 0.330 e. The lowest BCUT2D eigenvalue weighted by Gasteiger charge is -2.03. The molecule has 0 atom stereocenters. The summed E-state index contributed by atoms with van der Waals surface area (Å²) in [6.45, 7) is 1.73. The number of esters is 1. The zero-order chi connectivity index (χ0) is 14.4. The Morgan fingerprint density at radius 3 is 2.84 bits per heavy atom. The van der Waals surface area contributed by atoms with E-state index in [1.807, 2.05) is 0 Å². The molecule has 1 aromatic heterocycles. The lowest BCUT2D eigenvalue weighted by molar-refractivity contribution is -0.134. The maximum atomic E-state index is 11.7. The number of pyridine rings is 1. The fourth-order valence-electron chi connectivity index (χ4n) is 1.24. The molecule has 102 valence electrons. The van der Waals surface area contributed by atoms with Crippen LogP contribution >= 0.6 is 11.6 Å². The summed E-state index contributed by atoms with van der Waals surface area (Å²) >= 11 is 5.75. The minimum atomic E-state index is -0.572. The molecule has 1 amide bonds. The molecular formula is C12H13ClN2O4. The third-order valence-corrected chi connectivity index (χ3v) is 2.74. The van der Waals surface area contributed by atoms with Gasteiger partial charge in [-0.1, -0.05) is 17.7 Å². The van der Waals surface area contributed by atoms with Crippen LogP contribution in [0.15, 0.2) is 23.1 Å². The molecule has 0 fully saturated rings. The summed E-state index contributed by atoms with van der Waals surface area (Å²) in [7, 11) is 1.25. The normalized spacial score (nSPS) is 10.5. The van der Waals surface area contributed by atoms with E-state index in [2.05, 4.69) is 15.0 Å². The maximum Gasteiger partial charge on any atom is 0.330 e. The van der Waals surface area contributed by atoms with Crippen LogP contribution < -0.4 is 10.7 Å². The van der Waals surface area contributed by atoms with Gasteiger partial charge in [0.25, 0.3) is 5.91 Å². The van der Waals surface area contributed by atoms with Crippen molar-refractivity contribution in [2.75, 3.05) is 13.7 Å². The third kappa shape index (κ3) is 3.96. The first-order valence-electron chi connectivity index (χ1n) is 5.37. The van der Waals surface area contributed by atoms with E-state index < -0.39 is 17.3 Å². The van der Waals surface area contributed by atoms with Crippen molar-refractivity contribution in [1.82, 2.24) is 10.3 Å². The van der Waals surface area contributed by atoms with Crippen LogP contribution in [0.4, 0.5) is 0 Å². The van der Waals surface area contributed by atoms with Gasteiger partial charge in [0.1, 0.15) is 10.6 Å². The summed E-state index contributed by atoms with van der Waals surface area (Å²) < 4.78 is 4.38. The molecule has 0 aliphatic rings. The number of hydrogen-bond acceptors (Lipinski definition) is 4. The van der Waals surface area contributed by atoms with Crippen molar-refractivity contribution in [3.05, 3.63) is 44.9 Å². The van der Waals surface area contributed by atoms with E-state index in [1.54, 1.807) is 6.92 Å². The monoisotopic (exact) mass is 284 g/mol. The standard InChI is InChI=1S/C12H13ClN2O4/c1-7-10(13)11(17)8(6-15-7)12(18)14-5-3-4-9(16)19-2/h3-4,6H,5H2,1-2H3,(H,14,18)(H,15,17)/b4-3+. The van der Waals surface area contributed by atoms with Crippen LogP contribution in [0.5, 0.6) is 0 Å². The quantitative estimate of drug-likeness (QED) is 0.632. The molecule has 0 saturated heterocycles. The largest absolute Gasteiger partial charge is 0.466 e. The van der Waals surface area contributed by atoms with Crippen molar-refractivity contribution >= 4 is 23.5 Å². The fraction of sp³-hybridized carbons (Fsp3) is 0.250. The first-order valence-corrected chi connectivity index (χ1v) is 5.75. The van der Waals surface area contributed by atoms with Crippen molar-refractivity contribution < 1.29 is 14.3 Å². The predicted octanol–water partition coefficient (Wildman–Crippen LogP) is 0.796. The number of rotatable bonds is 4. The molecule has 0 saturated carbocycles. The van der Waals surface area contributed by atoms with E-state index in [9.17, 15) is 14.4 Å².